The highest BCUT2D eigenvalue weighted by atomic mass is 15.1. The van der Waals surface area contributed by atoms with Crippen molar-refractivity contribution in [3.05, 3.63) is 113 Å². The van der Waals surface area contributed by atoms with Crippen molar-refractivity contribution in [1.82, 2.24) is 0 Å². The van der Waals surface area contributed by atoms with Crippen molar-refractivity contribution in [3.8, 4) is 11.1 Å². The van der Waals surface area contributed by atoms with Crippen molar-refractivity contribution < 1.29 is 0 Å². The van der Waals surface area contributed by atoms with Crippen LogP contribution >= 0.6 is 0 Å². The first-order chi connectivity index (χ1) is 15.1. The first-order valence-corrected chi connectivity index (χ1v) is 11.2. The Hall–Kier alpha value is -3.32. The summed E-state index contributed by atoms with van der Waals surface area (Å²) in [6, 6.07) is 33.4. The Bertz CT molecular complexity index is 1090. The third kappa shape index (κ3) is 4.56. The Kier molecular flexibility index (Phi) is 6.23. The average molecular weight is 406 g/mol. The van der Waals surface area contributed by atoms with Crippen molar-refractivity contribution in [2.75, 3.05) is 4.90 Å². The maximum absolute atomic E-state index is 2.35. The van der Waals surface area contributed by atoms with Crippen LogP contribution < -0.4 is 4.90 Å². The average Bonchev–Trinajstić information content (AvgIpc) is 2.81. The molecule has 0 unspecified atom stereocenters. The molecule has 0 amide bonds. The van der Waals surface area contributed by atoms with Crippen LogP contribution in [-0.4, -0.2) is 0 Å². The largest absolute Gasteiger partial charge is 0.310 e. The molecule has 156 valence electrons. The number of benzene rings is 4. The predicted octanol–water partition coefficient (Wildman–Crippen LogP) is 8.57. The molecule has 0 aromatic heterocycles. The summed E-state index contributed by atoms with van der Waals surface area (Å²) in [5, 5.41) is 0. The molecular weight excluding hydrogens is 374 g/mol. The molecular formula is C30H31N. The smallest absolute Gasteiger partial charge is 0.0464 e. The second kappa shape index (κ2) is 9.22. The van der Waals surface area contributed by atoms with Gasteiger partial charge in [-0.3, -0.25) is 0 Å². The van der Waals surface area contributed by atoms with Gasteiger partial charge in [0.2, 0.25) is 0 Å². The summed E-state index contributed by atoms with van der Waals surface area (Å²) in [5.41, 5.74) is 11.4. The van der Waals surface area contributed by atoms with E-state index in [1.165, 1.54) is 50.4 Å². The van der Waals surface area contributed by atoms with Crippen LogP contribution in [0.1, 0.15) is 36.1 Å². The van der Waals surface area contributed by atoms with E-state index < -0.39 is 0 Å². The Morgan fingerprint density at radius 1 is 0.548 bits per heavy atom. The number of anilines is 3. The molecule has 1 heteroatoms. The Morgan fingerprint density at radius 3 is 1.48 bits per heavy atom. The van der Waals surface area contributed by atoms with E-state index in [0.29, 0.717) is 0 Å². The van der Waals surface area contributed by atoms with Crippen molar-refractivity contribution in [2.45, 2.75) is 40.5 Å². The van der Waals surface area contributed by atoms with Gasteiger partial charge in [-0.05, 0) is 90.9 Å². The van der Waals surface area contributed by atoms with Gasteiger partial charge in [0, 0.05) is 17.1 Å². The predicted molar refractivity (Wildman–Crippen MR) is 135 cm³/mol. The van der Waals surface area contributed by atoms with Crippen LogP contribution in [0.15, 0.2) is 91.0 Å². The lowest BCUT2D eigenvalue weighted by molar-refractivity contribution is 1.13. The van der Waals surface area contributed by atoms with Crippen LogP contribution in [0.25, 0.3) is 11.1 Å². The second-order valence-electron chi connectivity index (χ2n) is 8.24. The van der Waals surface area contributed by atoms with E-state index >= 15 is 0 Å². The summed E-state index contributed by atoms with van der Waals surface area (Å²) in [7, 11) is 0. The van der Waals surface area contributed by atoms with E-state index in [9.17, 15) is 0 Å². The Labute approximate surface area is 187 Å². The zero-order valence-corrected chi connectivity index (χ0v) is 19.0. The zero-order valence-electron chi connectivity index (χ0n) is 19.0. The van der Waals surface area contributed by atoms with Crippen LogP contribution in [0, 0.1) is 13.8 Å². The fraction of sp³-hybridized carbons (Fsp3) is 0.200. The topological polar surface area (TPSA) is 3.24 Å². The SMILES string of the molecule is CCc1ccc(N(c2ccc(CC)cc2)c2ccc(-c3ccc(C)cc3)c(C)c2)cc1. The van der Waals surface area contributed by atoms with E-state index in [1.54, 1.807) is 0 Å². The molecule has 0 spiro atoms. The first kappa shape index (κ1) is 20.9. The second-order valence-corrected chi connectivity index (χ2v) is 8.24. The van der Waals surface area contributed by atoms with E-state index in [0.717, 1.165) is 12.8 Å². The lowest BCUT2D eigenvalue weighted by Crippen LogP contribution is -2.10. The minimum atomic E-state index is 1.05. The standard InChI is InChI=1S/C30H31N/c1-5-24-9-15-27(16-10-24)31(28-17-11-25(6-2)12-18-28)29-19-20-30(23(4)21-29)26-13-7-22(3)8-14-26/h7-21H,5-6H2,1-4H3. The molecule has 0 aliphatic rings. The monoisotopic (exact) mass is 405 g/mol. The maximum atomic E-state index is 2.35. The van der Waals surface area contributed by atoms with Gasteiger partial charge >= 0.3 is 0 Å². The van der Waals surface area contributed by atoms with Gasteiger partial charge in [-0.2, -0.15) is 0 Å². The van der Waals surface area contributed by atoms with Crippen LogP contribution in [0.3, 0.4) is 0 Å². The first-order valence-electron chi connectivity index (χ1n) is 11.2. The number of hydrogen-bond acceptors (Lipinski definition) is 1. The number of aryl methyl sites for hydroxylation is 4. The molecule has 0 radical (unpaired) electrons. The molecule has 0 aliphatic carbocycles. The minimum absolute atomic E-state index is 1.05. The van der Waals surface area contributed by atoms with Gasteiger partial charge in [0.15, 0.2) is 0 Å². The summed E-state index contributed by atoms with van der Waals surface area (Å²) in [4.78, 5) is 2.35. The van der Waals surface area contributed by atoms with Crippen LogP contribution in [0.4, 0.5) is 17.1 Å². The third-order valence-electron chi connectivity index (χ3n) is 6.04. The van der Waals surface area contributed by atoms with Crippen LogP contribution in [0.5, 0.6) is 0 Å². The summed E-state index contributed by atoms with van der Waals surface area (Å²) >= 11 is 0. The summed E-state index contributed by atoms with van der Waals surface area (Å²) < 4.78 is 0. The summed E-state index contributed by atoms with van der Waals surface area (Å²) in [5.74, 6) is 0. The lowest BCUT2D eigenvalue weighted by Gasteiger charge is -2.26. The Morgan fingerprint density at radius 2 is 1.03 bits per heavy atom. The molecule has 0 bridgehead atoms. The normalized spacial score (nSPS) is 10.8. The van der Waals surface area contributed by atoms with Gasteiger partial charge in [-0.25, -0.2) is 0 Å². The van der Waals surface area contributed by atoms with Crippen molar-refractivity contribution in [2.24, 2.45) is 0 Å². The molecule has 0 N–H and O–H groups in total. The van der Waals surface area contributed by atoms with E-state index in [4.69, 9.17) is 0 Å². The maximum Gasteiger partial charge on any atom is 0.0464 e. The van der Waals surface area contributed by atoms with E-state index in [-0.39, 0.29) is 0 Å². The van der Waals surface area contributed by atoms with Crippen molar-refractivity contribution in [1.29, 1.82) is 0 Å². The van der Waals surface area contributed by atoms with E-state index in [2.05, 4.69) is 124 Å². The van der Waals surface area contributed by atoms with Crippen molar-refractivity contribution >= 4 is 17.1 Å². The van der Waals surface area contributed by atoms with Gasteiger partial charge in [-0.1, -0.05) is 74.0 Å². The number of hydrogen-bond donors (Lipinski definition) is 0. The number of nitrogens with zero attached hydrogens (tertiary/aromatic N) is 1. The van der Waals surface area contributed by atoms with Crippen LogP contribution in [0.2, 0.25) is 0 Å². The lowest BCUT2D eigenvalue weighted by atomic mass is 9.98. The quantitative estimate of drug-likeness (QED) is 0.310. The third-order valence-corrected chi connectivity index (χ3v) is 6.04. The summed E-state index contributed by atoms with van der Waals surface area (Å²) in [6.07, 6.45) is 2.10. The van der Waals surface area contributed by atoms with Gasteiger partial charge in [0.05, 0.1) is 0 Å². The van der Waals surface area contributed by atoms with Crippen LogP contribution in [-0.2, 0) is 12.8 Å². The Balaban J connectivity index is 1.78. The molecule has 0 aliphatic heterocycles. The molecule has 0 saturated carbocycles. The fourth-order valence-electron chi connectivity index (χ4n) is 4.05. The highest BCUT2D eigenvalue weighted by molar-refractivity contribution is 5.79. The molecule has 4 rings (SSSR count). The molecule has 0 saturated heterocycles. The zero-order chi connectivity index (χ0) is 21.8. The van der Waals surface area contributed by atoms with Crippen molar-refractivity contribution in [3.63, 3.8) is 0 Å². The fourth-order valence-corrected chi connectivity index (χ4v) is 4.05. The van der Waals surface area contributed by atoms with E-state index in [1.807, 2.05) is 0 Å². The molecule has 4 aromatic carbocycles. The highest BCUT2D eigenvalue weighted by Gasteiger charge is 2.14. The van der Waals surface area contributed by atoms with Gasteiger partial charge in [-0.15, -0.1) is 0 Å². The number of rotatable bonds is 6. The highest BCUT2D eigenvalue weighted by Crippen LogP contribution is 2.37. The minimum Gasteiger partial charge on any atom is -0.310 e. The van der Waals surface area contributed by atoms with Gasteiger partial charge in [0.1, 0.15) is 0 Å². The molecule has 0 heterocycles. The van der Waals surface area contributed by atoms with Gasteiger partial charge in [0.25, 0.3) is 0 Å². The molecule has 0 fully saturated rings. The molecule has 31 heavy (non-hydrogen) atoms. The summed E-state index contributed by atoms with van der Waals surface area (Å²) in [6.45, 7) is 8.73. The molecule has 4 aromatic rings. The molecule has 1 nitrogen and oxygen atoms in total. The van der Waals surface area contributed by atoms with Gasteiger partial charge < -0.3 is 4.90 Å². The molecule has 0 atom stereocenters.